The summed E-state index contributed by atoms with van der Waals surface area (Å²) < 4.78 is 25.8. The third-order valence-electron chi connectivity index (χ3n) is 1.95. The molecule has 0 heterocycles. The molecule has 0 radical (unpaired) electrons. The maximum atomic E-state index is 12.9. The van der Waals surface area contributed by atoms with Gasteiger partial charge in [-0.05, 0) is 23.1 Å². The Morgan fingerprint density at radius 1 is 1.23 bits per heavy atom. The van der Waals surface area contributed by atoms with Crippen LogP contribution in [0.4, 0.5) is 8.78 Å². The fourth-order valence-electron chi connectivity index (χ4n) is 1.06. The van der Waals surface area contributed by atoms with Crippen LogP contribution in [-0.2, 0) is 4.79 Å². The molecule has 0 saturated carbocycles. The molecule has 0 aliphatic heterocycles. The Hall–Kier alpha value is -0.990. The third-order valence-corrected chi connectivity index (χ3v) is 1.95. The van der Waals surface area contributed by atoms with Crippen LogP contribution in [0.1, 0.15) is 20.8 Å². The second-order valence-corrected chi connectivity index (χ2v) is 4.17. The molecule has 0 spiro atoms. The maximum absolute atomic E-state index is 12.9. The fourth-order valence-corrected chi connectivity index (χ4v) is 1.06. The fraction of sp³-hybridized carbons (Fsp3) is 0.500. The van der Waals surface area contributed by atoms with Crippen LogP contribution in [0.25, 0.3) is 0 Å². The highest BCUT2D eigenvalue weighted by Crippen LogP contribution is 2.33. The van der Waals surface area contributed by atoms with Crippen LogP contribution in [0.3, 0.4) is 0 Å². The smallest absolute Gasteiger partial charge is 0.288 e. The standard InChI is InChI=1S/C10H12F2O/c1-9(2,3)7-4-5-8(13)10(11,12)6-7/h4-6H,1-3H3. The van der Waals surface area contributed by atoms with Crippen LogP contribution in [0.15, 0.2) is 23.8 Å². The number of halogens is 2. The van der Waals surface area contributed by atoms with Crippen molar-refractivity contribution in [1.82, 2.24) is 0 Å². The molecule has 3 heteroatoms. The molecule has 1 aliphatic carbocycles. The molecule has 0 unspecified atom stereocenters. The van der Waals surface area contributed by atoms with E-state index in [9.17, 15) is 13.6 Å². The van der Waals surface area contributed by atoms with Gasteiger partial charge < -0.3 is 0 Å². The molecule has 13 heavy (non-hydrogen) atoms. The van der Waals surface area contributed by atoms with Gasteiger partial charge in [0.1, 0.15) is 0 Å². The monoisotopic (exact) mass is 186 g/mol. The lowest BCUT2D eigenvalue weighted by Crippen LogP contribution is -2.29. The average molecular weight is 186 g/mol. The summed E-state index contributed by atoms with van der Waals surface area (Å²) in [5.41, 5.74) is 0.151. The summed E-state index contributed by atoms with van der Waals surface area (Å²) in [5, 5.41) is 0. The molecular weight excluding hydrogens is 174 g/mol. The van der Waals surface area contributed by atoms with E-state index in [4.69, 9.17) is 0 Å². The topological polar surface area (TPSA) is 17.1 Å². The normalized spacial score (nSPS) is 21.6. The Morgan fingerprint density at radius 3 is 2.15 bits per heavy atom. The van der Waals surface area contributed by atoms with Crippen LogP contribution >= 0.6 is 0 Å². The van der Waals surface area contributed by atoms with Gasteiger partial charge in [-0.15, -0.1) is 0 Å². The quantitative estimate of drug-likeness (QED) is 0.568. The summed E-state index contributed by atoms with van der Waals surface area (Å²) in [6, 6.07) is 0. The third kappa shape index (κ3) is 2.02. The van der Waals surface area contributed by atoms with Crippen molar-refractivity contribution < 1.29 is 13.6 Å². The Labute approximate surface area is 76.1 Å². The molecular formula is C10H12F2O. The molecule has 1 nitrogen and oxygen atoms in total. The minimum absolute atomic E-state index is 0.347. The van der Waals surface area contributed by atoms with E-state index in [1.807, 2.05) is 20.8 Å². The second kappa shape index (κ2) is 2.76. The van der Waals surface area contributed by atoms with Gasteiger partial charge in [-0.2, -0.15) is 8.78 Å². The van der Waals surface area contributed by atoms with E-state index < -0.39 is 11.7 Å². The van der Waals surface area contributed by atoms with Gasteiger partial charge in [-0.3, -0.25) is 4.79 Å². The van der Waals surface area contributed by atoms with E-state index in [0.29, 0.717) is 5.57 Å². The Morgan fingerprint density at radius 2 is 1.77 bits per heavy atom. The molecule has 0 aromatic heterocycles. The number of hydrogen-bond acceptors (Lipinski definition) is 1. The van der Waals surface area contributed by atoms with Gasteiger partial charge >= 0.3 is 5.92 Å². The summed E-state index contributed by atoms with van der Waals surface area (Å²) >= 11 is 0. The maximum Gasteiger partial charge on any atom is 0.328 e. The lowest BCUT2D eigenvalue weighted by Gasteiger charge is -2.24. The van der Waals surface area contributed by atoms with Crippen LogP contribution < -0.4 is 0 Å². The molecule has 0 N–H and O–H groups in total. The number of carbonyl (C=O) groups is 1. The van der Waals surface area contributed by atoms with E-state index in [-0.39, 0.29) is 5.41 Å². The zero-order chi connectivity index (χ0) is 10.3. The largest absolute Gasteiger partial charge is 0.328 e. The minimum Gasteiger partial charge on any atom is -0.288 e. The summed E-state index contributed by atoms with van der Waals surface area (Å²) in [4.78, 5) is 10.7. The first-order valence-electron chi connectivity index (χ1n) is 4.07. The molecule has 0 fully saturated rings. The second-order valence-electron chi connectivity index (χ2n) is 4.17. The van der Waals surface area contributed by atoms with Gasteiger partial charge in [0.05, 0.1) is 0 Å². The molecule has 1 aliphatic rings. The van der Waals surface area contributed by atoms with E-state index in [1.165, 1.54) is 6.08 Å². The zero-order valence-electron chi connectivity index (χ0n) is 7.90. The van der Waals surface area contributed by atoms with Crippen LogP contribution in [0.5, 0.6) is 0 Å². The highest BCUT2D eigenvalue weighted by Gasteiger charge is 2.38. The van der Waals surface area contributed by atoms with Crippen LogP contribution in [-0.4, -0.2) is 11.7 Å². The molecule has 0 atom stereocenters. The van der Waals surface area contributed by atoms with E-state index in [2.05, 4.69) is 0 Å². The van der Waals surface area contributed by atoms with Crippen LogP contribution in [0, 0.1) is 5.41 Å². The SMILES string of the molecule is CC(C)(C)C1=CC(F)(F)C(=O)C=C1. The van der Waals surface area contributed by atoms with Gasteiger partial charge in [-0.1, -0.05) is 26.8 Å². The van der Waals surface area contributed by atoms with Crippen molar-refractivity contribution in [1.29, 1.82) is 0 Å². The highest BCUT2D eigenvalue weighted by atomic mass is 19.3. The molecule has 0 saturated heterocycles. The zero-order valence-corrected chi connectivity index (χ0v) is 7.90. The lowest BCUT2D eigenvalue weighted by atomic mass is 9.83. The lowest BCUT2D eigenvalue weighted by molar-refractivity contribution is -0.132. The molecule has 0 aromatic rings. The van der Waals surface area contributed by atoms with Gasteiger partial charge in [0.2, 0.25) is 5.78 Å². The average Bonchev–Trinajstić information content (AvgIpc) is 1.92. The summed E-state index contributed by atoms with van der Waals surface area (Å²) in [7, 11) is 0. The number of allylic oxidation sites excluding steroid dienone is 4. The first-order chi connectivity index (χ1) is 5.73. The van der Waals surface area contributed by atoms with Crippen molar-refractivity contribution in [2.24, 2.45) is 5.41 Å². The Kier molecular flexibility index (Phi) is 2.14. The van der Waals surface area contributed by atoms with Gasteiger partial charge in [0.25, 0.3) is 0 Å². The van der Waals surface area contributed by atoms with Gasteiger partial charge in [0.15, 0.2) is 0 Å². The minimum atomic E-state index is -3.32. The van der Waals surface area contributed by atoms with Gasteiger partial charge in [0, 0.05) is 0 Å². The van der Waals surface area contributed by atoms with E-state index in [1.54, 1.807) is 0 Å². The number of ketones is 1. The first kappa shape index (κ1) is 10.1. The molecule has 0 aromatic carbocycles. The molecule has 0 amide bonds. The summed E-state index contributed by atoms with van der Waals surface area (Å²) in [6.45, 7) is 5.49. The van der Waals surface area contributed by atoms with Crippen molar-refractivity contribution in [3.05, 3.63) is 23.8 Å². The number of alkyl halides is 2. The molecule has 72 valence electrons. The van der Waals surface area contributed by atoms with Crippen molar-refractivity contribution >= 4 is 5.78 Å². The van der Waals surface area contributed by atoms with Crippen molar-refractivity contribution in [2.45, 2.75) is 26.7 Å². The Bertz CT molecular complexity index is 293. The van der Waals surface area contributed by atoms with Gasteiger partial charge in [-0.25, -0.2) is 0 Å². The van der Waals surface area contributed by atoms with Crippen molar-refractivity contribution in [3.63, 3.8) is 0 Å². The predicted octanol–water partition coefficient (Wildman–Crippen LogP) is 2.73. The molecule has 1 rings (SSSR count). The highest BCUT2D eigenvalue weighted by molar-refractivity contribution is 5.99. The predicted molar refractivity (Wildman–Crippen MR) is 46.6 cm³/mol. The number of hydrogen-bond donors (Lipinski definition) is 0. The van der Waals surface area contributed by atoms with Crippen molar-refractivity contribution in [3.8, 4) is 0 Å². The summed E-state index contributed by atoms with van der Waals surface area (Å²) in [5.74, 6) is -4.46. The summed E-state index contributed by atoms with van der Waals surface area (Å²) in [6.07, 6.45) is 3.15. The first-order valence-corrected chi connectivity index (χ1v) is 4.07. The molecule has 0 bridgehead atoms. The van der Waals surface area contributed by atoms with E-state index in [0.717, 1.165) is 12.2 Å². The number of rotatable bonds is 0. The number of carbonyl (C=O) groups excluding carboxylic acids is 1. The van der Waals surface area contributed by atoms with Crippen LogP contribution in [0.2, 0.25) is 0 Å². The van der Waals surface area contributed by atoms with E-state index >= 15 is 0 Å². The Balaban J connectivity index is 3.06. The van der Waals surface area contributed by atoms with Crippen molar-refractivity contribution in [2.75, 3.05) is 0 Å².